The van der Waals surface area contributed by atoms with Crippen molar-refractivity contribution >= 4 is 23.1 Å². The highest BCUT2D eigenvalue weighted by atomic mass is 32.1. The number of hydrogen-bond acceptors (Lipinski definition) is 4. The topological polar surface area (TPSA) is 87.7 Å². The number of oxime groups is 1. The fourth-order valence-electron chi connectivity index (χ4n) is 2.27. The zero-order valence-corrected chi connectivity index (χ0v) is 11.8. The molecule has 2 rings (SSSR count). The third kappa shape index (κ3) is 2.58. The molecule has 4 N–H and O–H groups in total. The minimum Gasteiger partial charge on any atom is -0.409 e. The third-order valence-electron chi connectivity index (χ3n) is 3.73. The van der Waals surface area contributed by atoms with Crippen LogP contribution in [0.1, 0.15) is 35.9 Å². The molecule has 104 valence electrons. The zero-order chi connectivity index (χ0) is 13.9. The van der Waals surface area contributed by atoms with Gasteiger partial charge in [0.05, 0.1) is 6.54 Å². The van der Waals surface area contributed by atoms with Crippen LogP contribution in [0.4, 0.5) is 0 Å². The van der Waals surface area contributed by atoms with Crippen molar-refractivity contribution in [1.82, 2.24) is 5.32 Å². The van der Waals surface area contributed by atoms with Crippen molar-refractivity contribution in [3.63, 3.8) is 0 Å². The molecule has 0 saturated heterocycles. The maximum Gasteiger partial charge on any atom is 0.234 e. The Morgan fingerprint density at radius 3 is 2.68 bits per heavy atom. The van der Waals surface area contributed by atoms with Crippen molar-refractivity contribution in [2.75, 3.05) is 0 Å². The van der Waals surface area contributed by atoms with E-state index in [4.69, 9.17) is 10.9 Å². The molecule has 0 unspecified atom stereocenters. The Balaban J connectivity index is 1.97. The van der Waals surface area contributed by atoms with Gasteiger partial charge in [-0.2, -0.15) is 0 Å². The standard InChI is InChI=1S/C13H19N3O2S/c1-2-9-4-5-10(19-9)8-15-12(17)13(6-3-7-13)11(14)16-18/h4-5,18H,2-3,6-8H2,1H3,(H2,14,16)(H,15,17). The van der Waals surface area contributed by atoms with Gasteiger partial charge >= 0.3 is 0 Å². The fourth-order valence-corrected chi connectivity index (χ4v) is 3.17. The lowest BCUT2D eigenvalue weighted by Gasteiger charge is -2.38. The number of amidine groups is 1. The lowest BCUT2D eigenvalue weighted by molar-refractivity contribution is -0.131. The number of amides is 1. The van der Waals surface area contributed by atoms with Crippen LogP contribution in [0.25, 0.3) is 0 Å². The number of hydrogen-bond donors (Lipinski definition) is 3. The van der Waals surface area contributed by atoms with E-state index >= 15 is 0 Å². The summed E-state index contributed by atoms with van der Waals surface area (Å²) in [4.78, 5) is 14.6. The molecule has 1 aliphatic rings. The summed E-state index contributed by atoms with van der Waals surface area (Å²) in [5.41, 5.74) is 4.86. The van der Waals surface area contributed by atoms with Gasteiger partial charge in [-0.25, -0.2) is 0 Å². The Morgan fingerprint density at radius 2 is 2.21 bits per heavy atom. The molecule has 6 heteroatoms. The molecule has 19 heavy (non-hydrogen) atoms. The summed E-state index contributed by atoms with van der Waals surface area (Å²) in [6.45, 7) is 2.61. The number of carbonyl (C=O) groups is 1. The van der Waals surface area contributed by atoms with Gasteiger partial charge in [-0.3, -0.25) is 4.79 Å². The molecular formula is C13H19N3O2S. The van der Waals surface area contributed by atoms with Crippen molar-refractivity contribution in [1.29, 1.82) is 0 Å². The van der Waals surface area contributed by atoms with Crippen LogP contribution in [0.5, 0.6) is 0 Å². The van der Waals surface area contributed by atoms with Gasteiger partial charge in [0.25, 0.3) is 0 Å². The molecule has 0 spiro atoms. The summed E-state index contributed by atoms with van der Waals surface area (Å²) >= 11 is 1.70. The highest BCUT2D eigenvalue weighted by Gasteiger charge is 2.48. The Bertz CT molecular complexity index is 492. The first-order chi connectivity index (χ1) is 9.12. The van der Waals surface area contributed by atoms with Crippen molar-refractivity contribution in [2.45, 2.75) is 39.2 Å². The first-order valence-electron chi connectivity index (χ1n) is 6.46. The summed E-state index contributed by atoms with van der Waals surface area (Å²) in [5.74, 6) is -0.114. The molecule has 0 radical (unpaired) electrons. The average Bonchev–Trinajstić information content (AvgIpc) is 2.82. The Morgan fingerprint density at radius 1 is 1.53 bits per heavy atom. The molecule has 0 bridgehead atoms. The molecular weight excluding hydrogens is 262 g/mol. The maximum absolute atomic E-state index is 12.2. The molecule has 1 amide bonds. The van der Waals surface area contributed by atoms with Gasteiger partial charge in [-0.05, 0) is 31.4 Å². The van der Waals surface area contributed by atoms with Gasteiger partial charge in [0.15, 0.2) is 5.84 Å². The fraction of sp³-hybridized carbons (Fsp3) is 0.538. The van der Waals surface area contributed by atoms with Gasteiger partial charge in [0.2, 0.25) is 5.91 Å². The molecule has 5 nitrogen and oxygen atoms in total. The number of carbonyl (C=O) groups excluding carboxylic acids is 1. The number of thiophene rings is 1. The van der Waals surface area contributed by atoms with Crippen molar-refractivity contribution in [3.8, 4) is 0 Å². The van der Waals surface area contributed by atoms with Gasteiger partial charge in [-0.15, -0.1) is 11.3 Å². The van der Waals surface area contributed by atoms with Crippen LogP contribution in [0, 0.1) is 5.41 Å². The summed E-state index contributed by atoms with van der Waals surface area (Å²) < 4.78 is 0. The minimum atomic E-state index is -0.792. The normalized spacial score (nSPS) is 17.8. The van der Waals surface area contributed by atoms with E-state index in [0.29, 0.717) is 19.4 Å². The third-order valence-corrected chi connectivity index (χ3v) is 4.96. The van der Waals surface area contributed by atoms with Gasteiger partial charge in [0.1, 0.15) is 5.41 Å². The molecule has 1 saturated carbocycles. The van der Waals surface area contributed by atoms with Crippen LogP contribution in [0.15, 0.2) is 17.3 Å². The molecule has 0 aliphatic heterocycles. The van der Waals surface area contributed by atoms with Crippen LogP contribution in [0.3, 0.4) is 0 Å². The predicted molar refractivity (Wildman–Crippen MR) is 75.2 cm³/mol. The molecule has 0 atom stereocenters. The Kier molecular flexibility index (Phi) is 4.09. The first kappa shape index (κ1) is 13.9. The van der Waals surface area contributed by atoms with E-state index in [1.165, 1.54) is 4.88 Å². The van der Waals surface area contributed by atoms with E-state index in [0.717, 1.165) is 17.7 Å². The number of aryl methyl sites for hydroxylation is 1. The summed E-state index contributed by atoms with van der Waals surface area (Å²) in [5, 5.41) is 14.7. The zero-order valence-electron chi connectivity index (χ0n) is 11.0. The van der Waals surface area contributed by atoms with E-state index in [-0.39, 0.29) is 11.7 Å². The van der Waals surface area contributed by atoms with Crippen LogP contribution >= 0.6 is 11.3 Å². The van der Waals surface area contributed by atoms with Crippen molar-refractivity contribution < 1.29 is 10.0 Å². The monoisotopic (exact) mass is 281 g/mol. The van der Waals surface area contributed by atoms with E-state index < -0.39 is 5.41 Å². The van der Waals surface area contributed by atoms with Gasteiger partial charge in [0, 0.05) is 9.75 Å². The highest BCUT2D eigenvalue weighted by molar-refractivity contribution is 7.11. The quantitative estimate of drug-likeness (QED) is 0.333. The van der Waals surface area contributed by atoms with Crippen LogP contribution in [-0.4, -0.2) is 17.0 Å². The summed E-state index contributed by atoms with van der Waals surface area (Å²) in [7, 11) is 0. The van der Waals surface area contributed by atoms with Gasteiger partial charge in [-0.1, -0.05) is 18.5 Å². The van der Waals surface area contributed by atoms with E-state index in [1.807, 2.05) is 6.07 Å². The Labute approximate surface area is 116 Å². The second-order valence-corrected chi connectivity index (χ2v) is 6.08. The predicted octanol–water partition coefficient (Wildman–Crippen LogP) is 1.84. The number of nitrogens with zero attached hydrogens (tertiary/aromatic N) is 1. The molecule has 1 heterocycles. The molecule has 1 aliphatic carbocycles. The minimum absolute atomic E-state index is 0.0247. The van der Waals surface area contributed by atoms with Crippen LogP contribution in [-0.2, 0) is 17.8 Å². The number of rotatable bonds is 5. The lowest BCUT2D eigenvalue weighted by Crippen LogP contribution is -2.53. The Hall–Kier alpha value is -1.56. The number of nitrogens with two attached hydrogens (primary N) is 1. The molecule has 1 aromatic rings. The largest absolute Gasteiger partial charge is 0.409 e. The van der Waals surface area contributed by atoms with E-state index in [2.05, 4.69) is 23.5 Å². The summed E-state index contributed by atoms with van der Waals surface area (Å²) in [6, 6.07) is 4.11. The van der Waals surface area contributed by atoms with E-state index in [9.17, 15) is 4.79 Å². The smallest absolute Gasteiger partial charge is 0.234 e. The second-order valence-electron chi connectivity index (χ2n) is 4.83. The van der Waals surface area contributed by atoms with Crippen molar-refractivity contribution in [2.24, 2.45) is 16.3 Å². The number of nitrogens with one attached hydrogen (secondary N) is 1. The molecule has 0 aromatic carbocycles. The average molecular weight is 281 g/mol. The van der Waals surface area contributed by atoms with Crippen molar-refractivity contribution in [3.05, 3.63) is 21.9 Å². The SMILES string of the molecule is CCc1ccc(CNC(=O)C2(/C(N)=N/O)CCC2)s1. The van der Waals surface area contributed by atoms with Crippen LogP contribution in [0.2, 0.25) is 0 Å². The lowest BCUT2D eigenvalue weighted by atomic mass is 9.67. The first-order valence-corrected chi connectivity index (χ1v) is 7.28. The van der Waals surface area contributed by atoms with Crippen LogP contribution < -0.4 is 11.1 Å². The molecule has 1 aromatic heterocycles. The summed E-state index contributed by atoms with van der Waals surface area (Å²) in [6.07, 6.45) is 3.24. The molecule has 1 fully saturated rings. The maximum atomic E-state index is 12.2. The second kappa shape index (κ2) is 5.61. The van der Waals surface area contributed by atoms with E-state index in [1.54, 1.807) is 11.3 Å². The van der Waals surface area contributed by atoms with Gasteiger partial charge < -0.3 is 16.3 Å². The highest BCUT2D eigenvalue weighted by Crippen LogP contribution is 2.41.